The van der Waals surface area contributed by atoms with Gasteiger partial charge in [-0.25, -0.2) is 0 Å². The first kappa shape index (κ1) is 14.0. The molecule has 22 heavy (non-hydrogen) atoms. The average molecular weight is 294 g/mol. The molecule has 1 heterocycles. The number of nitrogens with zero attached hydrogens (tertiary/aromatic N) is 2. The molecular weight excluding hydrogens is 280 g/mol. The van der Waals surface area contributed by atoms with Crippen molar-refractivity contribution in [3.05, 3.63) is 66.1 Å². The van der Waals surface area contributed by atoms with E-state index in [4.69, 9.17) is 9.26 Å². The van der Waals surface area contributed by atoms with Crippen molar-refractivity contribution in [3.8, 4) is 17.1 Å². The molecule has 0 fully saturated rings. The quantitative estimate of drug-likeness (QED) is 0.674. The SMILES string of the molecule is CC(=O)c1ccccc1OCc1nc(-c2ccccc2)no1. The van der Waals surface area contributed by atoms with Crippen LogP contribution in [-0.4, -0.2) is 15.9 Å². The van der Waals surface area contributed by atoms with E-state index in [1.165, 1.54) is 6.92 Å². The highest BCUT2D eigenvalue weighted by molar-refractivity contribution is 5.96. The third-order valence-electron chi connectivity index (χ3n) is 3.12. The van der Waals surface area contributed by atoms with E-state index >= 15 is 0 Å². The molecule has 0 aliphatic carbocycles. The van der Waals surface area contributed by atoms with Gasteiger partial charge < -0.3 is 9.26 Å². The fourth-order valence-electron chi connectivity index (χ4n) is 2.04. The first-order valence-electron chi connectivity index (χ1n) is 6.85. The molecule has 0 atom stereocenters. The van der Waals surface area contributed by atoms with Crippen molar-refractivity contribution in [1.82, 2.24) is 10.1 Å². The Hall–Kier alpha value is -2.95. The molecule has 0 saturated carbocycles. The van der Waals surface area contributed by atoms with Crippen LogP contribution in [0.3, 0.4) is 0 Å². The van der Waals surface area contributed by atoms with Crippen molar-refractivity contribution in [2.45, 2.75) is 13.5 Å². The summed E-state index contributed by atoms with van der Waals surface area (Å²) in [5.41, 5.74) is 1.41. The fourth-order valence-corrected chi connectivity index (χ4v) is 2.04. The predicted octanol–water partition coefficient (Wildman–Crippen LogP) is 3.52. The Balaban J connectivity index is 1.73. The summed E-state index contributed by atoms with van der Waals surface area (Å²) >= 11 is 0. The Morgan fingerprint density at radius 1 is 1.09 bits per heavy atom. The summed E-state index contributed by atoms with van der Waals surface area (Å²) in [4.78, 5) is 15.8. The molecule has 1 aromatic heterocycles. The van der Waals surface area contributed by atoms with Crippen LogP contribution < -0.4 is 4.74 Å². The topological polar surface area (TPSA) is 65.2 Å². The smallest absolute Gasteiger partial charge is 0.264 e. The zero-order valence-electron chi connectivity index (χ0n) is 12.0. The average Bonchev–Trinajstić information content (AvgIpc) is 3.03. The maximum absolute atomic E-state index is 11.5. The van der Waals surface area contributed by atoms with Crippen LogP contribution in [0.1, 0.15) is 23.2 Å². The molecule has 110 valence electrons. The Morgan fingerprint density at radius 3 is 2.59 bits per heavy atom. The van der Waals surface area contributed by atoms with E-state index < -0.39 is 0 Å². The Labute approximate surface area is 127 Å². The maximum atomic E-state index is 11.5. The molecule has 3 rings (SSSR count). The number of rotatable bonds is 5. The number of benzene rings is 2. The number of carbonyl (C=O) groups is 1. The molecule has 0 N–H and O–H groups in total. The van der Waals surface area contributed by atoms with Gasteiger partial charge in [-0.2, -0.15) is 4.98 Å². The summed E-state index contributed by atoms with van der Waals surface area (Å²) in [6.07, 6.45) is 0. The molecule has 0 radical (unpaired) electrons. The van der Waals surface area contributed by atoms with Crippen molar-refractivity contribution in [2.24, 2.45) is 0 Å². The van der Waals surface area contributed by atoms with Crippen LogP contribution >= 0.6 is 0 Å². The standard InChI is InChI=1S/C17H14N2O3/c1-12(20)14-9-5-6-10-15(14)21-11-16-18-17(19-22-16)13-7-3-2-4-8-13/h2-10H,11H2,1H3. The molecule has 2 aromatic carbocycles. The van der Waals surface area contributed by atoms with E-state index in [-0.39, 0.29) is 12.4 Å². The number of aromatic nitrogens is 2. The van der Waals surface area contributed by atoms with Gasteiger partial charge in [0, 0.05) is 5.56 Å². The lowest BCUT2D eigenvalue weighted by Crippen LogP contribution is -2.01. The summed E-state index contributed by atoms with van der Waals surface area (Å²) in [5.74, 6) is 1.33. The van der Waals surface area contributed by atoms with Gasteiger partial charge in [0.1, 0.15) is 5.75 Å². The number of ketones is 1. The highest BCUT2D eigenvalue weighted by Crippen LogP contribution is 2.20. The zero-order valence-corrected chi connectivity index (χ0v) is 12.0. The van der Waals surface area contributed by atoms with Gasteiger partial charge in [-0.1, -0.05) is 47.6 Å². The molecule has 0 aliphatic rings. The van der Waals surface area contributed by atoms with Crippen LogP contribution in [-0.2, 0) is 6.61 Å². The lowest BCUT2D eigenvalue weighted by molar-refractivity contribution is 0.101. The highest BCUT2D eigenvalue weighted by atomic mass is 16.5. The van der Waals surface area contributed by atoms with Gasteiger partial charge in [-0.15, -0.1) is 0 Å². The maximum Gasteiger partial charge on any atom is 0.264 e. The van der Waals surface area contributed by atoms with E-state index in [2.05, 4.69) is 10.1 Å². The third kappa shape index (κ3) is 3.03. The van der Waals surface area contributed by atoms with Crippen molar-refractivity contribution in [3.63, 3.8) is 0 Å². The van der Waals surface area contributed by atoms with E-state index in [0.717, 1.165) is 5.56 Å². The fraction of sp³-hybridized carbons (Fsp3) is 0.118. The minimum atomic E-state index is -0.0499. The normalized spacial score (nSPS) is 10.4. The second kappa shape index (κ2) is 6.22. The second-order valence-electron chi connectivity index (χ2n) is 4.72. The van der Waals surface area contributed by atoms with Crippen molar-refractivity contribution in [2.75, 3.05) is 0 Å². The summed E-state index contributed by atoms with van der Waals surface area (Å²) < 4.78 is 10.8. The number of para-hydroxylation sites is 1. The van der Waals surface area contributed by atoms with Crippen LogP contribution in [0.25, 0.3) is 11.4 Å². The molecular formula is C17H14N2O3. The van der Waals surface area contributed by atoms with E-state index in [1.54, 1.807) is 18.2 Å². The van der Waals surface area contributed by atoms with Crippen LogP contribution in [0, 0.1) is 0 Å². The molecule has 0 unspecified atom stereocenters. The van der Waals surface area contributed by atoms with Gasteiger partial charge >= 0.3 is 0 Å². The van der Waals surface area contributed by atoms with E-state index in [0.29, 0.717) is 23.0 Å². The van der Waals surface area contributed by atoms with Gasteiger partial charge in [0.2, 0.25) is 5.82 Å². The summed E-state index contributed by atoms with van der Waals surface area (Å²) in [6, 6.07) is 16.6. The molecule has 0 amide bonds. The van der Waals surface area contributed by atoms with Crippen LogP contribution in [0.5, 0.6) is 5.75 Å². The van der Waals surface area contributed by atoms with Gasteiger partial charge in [0.05, 0.1) is 5.56 Å². The summed E-state index contributed by atoms with van der Waals surface area (Å²) in [7, 11) is 0. The minimum absolute atomic E-state index is 0.0499. The molecule has 5 nitrogen and oxygen atoms in total. The van der Waals surface area contributed by atoms with Crippen LogP contribution in [0.15, 0.2) is 59.1 Å². The lowest BCUT2D eigenvalue weighted by Gasteiger charge is -2.06. The van der Waals surface area contributed by atoms with Gasteiger partial charge in [0.15, 0.2) is 12.4 Å². The molecule has 0 aliphatic heterocycles. The Kier molecular flexibility index (Phi) is 3.96. The predicted molar refractivity (Wildman–Crippen MR) is 80.5 cm³/mol. The van der Waals surface area contributed by atoms with Crippen LogP contribution in [0.4, 0.5) is 0 Å². The molecule has 3 aromatic rings. The molecule has 0 bridgehead atoms. The van der Waals surface area contributed by atoms with Gasteiger partial charge in [-0.05, 0) is 19.1 Å². The number of Topliss-reactive ketones (excluding diaryl/α,β-unsaturated/α-hetero) is 1. The largest absolute Gasteiger partial charge is 0.483 e. The molecule has 0 saturated heterocycles. The number of hydrogen-bond acceptors (Lipinski definition) is 5. The molecule has 5 heteroatoms. The minimum Gasteiger partial charge on any atom is -0.483 e. The number of ether oxygens (including phenoxy) is 1. The third-order valence-corrected chi connectivity index (χ3v) is 3.12. The lowest BCUT2D eigenvalue weighted by atomic mass is 10.1. The first-order chi connectivity index (χ1) is 10.7. The summed E-state index contributed by atoms with van der Waals surface area (Å²) in [6.45, 7) is 1.62. The number of hydrogen-bond donors (Lipinski definition) is 0. The zero-order chi connectivity index (χ0) is 15.4. The summed E-state index contributed by atoms with van der Waals surface area (Å²) in [5, 5.41) is 3.92. The van der Waals surface area contributed by atoms with Crippen molar-refractivity contribution >= 4 is 5.78 Å². The van der Waals surface area contributed by atoms with Crippen LogP contribution in [0.2, 0.25) is 0 Å². The highest BCUT2D eigenvalue weighted by Gasteiger charge is 2.11. The van der Waals surface area contributed by atoms with Crippen molar-refractivity contribution in [1.29, 1.82) is 0 Å². The molecule has 0 spiro atoms. The number of carbonyl (C=O) groups excluding carboxylic acids is 1. The second-order valence-corrected chi connectivity index (χ2v) is 4.72. The Morgan fingerprint density at radius 2 is 1.82 bits per heavy atom. The van der Waals surface area contributed by atoms with E-state index in [9.17, 15) is 4.79 Å². The first-order valence-corrected chi connectivity index (χ1v) is 6.85. The van der Waals surface area contributed by atoms with Gasteiger partial charge in [-0.3, -0.25) is 4.79 Å². The Bertz CT molecular complexity index is 781. The van der Waals surface area contributed by atoms with E-state index in [1.807, 2.05) is 36.4 Å². The van der Waals surface area contributed by atoms with Crippen molar-refractivity contribution < 1.29 is 14.1 Å². The van der Waals surface area contributed by atoms with Gasteiger partial charge in [0.25, 0.3) is 5.89 Å². The monoisotopic (exact) mass is 294 g/mol.